The van der Waals surface area contributed by atoms with Gasteiger partial charge in [-0.25, -0.2) is 19.6 Å². The summed E-state index contributed by atoms with van der Waals surface area (Å²) in [5.74, 6) is 2.21. The average molecular weight is 1140 g/mol. The first-order valence-electron chi connectivity index (χ1n) is 30.6. The number of amides is 4. The summed E-state index contributed by atoms with van der Waals surface area (Å²) in [6.45, 7) is 2.33. The standard InChI is InChI=1S/C71H74N8O6/c1-43-36-53-25-23-44(37-56(53)46-26-31-48(32-27-46)58-41-72-66(74-58)62-39-54-18-10-12-20-60(54)78(62)68(80)64(76-70(82)84-2)50-14-6-4-7-15-50)22-24-45-30-35-52(43)38-57(45)47-28-33-49(34-29-47)59-42-73-67(75-59)63-40-55-19-11-13-21-61(55)79(63)69(81)65(77-71(83)85-3)51-16-8-5-9-17-51/h4-9,14-17,23,25-35,37-38,41-43,54-55,60-65H,10-13,18-22,24,36,39-40H2,1-3H3,(H,72,74)(H,73,75)(H,76,82)(H,77,83). The Morgan fingerprint density at radius 1 is 0.529 bits per heavy atom. The molecule has 0 radical (unpaired) electrons. The molecule has 0 spiro atoms. The number of imidazole rings is 2. The number of likely N-dealkylation sites (tertiary alicyclic amines) is 2. The Morgan fingerprint density at radius 3 is 1.48 bits per heavy atom. The van der Waals surface area contributed by atoms with Crippen LogP contribution in [0.25, 0.3) is 44.8 Å². The number of H-pyrrole nitrogens is 2. The van der Waals surface area contributed by atoms with Crippen molar-refractivity contribution in [2.75, 3.05) is 14.2 Å². The molecule has 9 unspecified atom stereocenters. The second-order valence-electron chi connectivity index (χ2n) is 24.2. The fourth-order valence-electron chi connectivity index (χ4n) is 14.9. The number of hydrogen-bond acceptors (Lipinski definition) is 8. The molecule has 16 rings (SSSR count). The van der Waals surface area contributed by atoms with E-state index >= 15 is 0 Å². The molecule has 4 N–H and O–H groups in total. The summed E-state index contributed by atoms with van der Waals surface area (Å²) >= 11 is 0. The number of carbonyl (C=O) groups is 4. The third kappa shape index (κ3) is 11.1. The van der Waals surface area contributed by atoms with Crippen LogP contribution in [-0.2, 0) is 38.3 Å². The number of ether oxygens (including phenoxy) is 2. The monoisotopic (exact) mass is 1130 g/mol. The van der Waals surface area contributed by atoms with E-state index in [1.165, 1.54) is 58.7 Å². The molecular formula is C71H74N8O6. The predicted molar refractivity (Wildman–Crippen MR) is 328 cm³/mol. The Balaban J connectivity index is 0.714. The molecule has 4 bridgehead atoms. The van der Waals surface area contributed by atoms with E-state index in [0.29, 0.717) is 23.0 Å². The normalized spacial score (nSPS) is 22.3. The number of nitrogens with one attached hydrogen (secondary N) is 4. The highest BCUT2D eigenvalue weighted by Gasteiger charge is 2.50. The van der Waals surface area contributed by atoms with Gasteiger partial charge in [-0.05, 0) is 142 Å². The molecule has 85 heavy (non-hydrogen) atoms. The number of benzene rings is 6. The highest BCUT2D eigenvalue weighted by atomic mass is 16.5. The molecule has 4 amide bonds. The summed E-state index contributed by atoms with van der Waals surface area (Å²) in [5.41, 5.74) is 15.3. The van der Waals surface area contributed by atoms with Crippen molar-refractivity contribution in [3.8, 4) is 44.8 Å². The van der Waals surface area contributed by atoms with Gasteiger partial charge in [0, 0.05) is 12.1 Å². The minimum Gasteiger partial charge on any atom is -0.453 e. The topological polar surface area (TPSA) is 175 Å². The molecule has 9 atom stereocenters. The van der Waals surface area contributed by atoms with Crippen molar-refractivity contribution in [2.24, 2.45) is 11.8 Å². The molecule has 6 aliphatic carbocycles. The molecule has 6 aromatic carbocycles. The lowest BCUT2D eigenvalue weighted by molar-refractivity contribution is -0.138. The molecule has 2 saturated heterocycles. The number of aromatic nitrogens is 4. The number of rotatable bonds is 12. The maximum Gasteiger partial charge on any atom is 0.407 e. The molecule has 8 aliphatic rings. The van der Waals surface area contributed by atoms with Crippen molar-refractivity contribution in [1.82, 2.24) is 40.4 Å². The molecule has 8 aromatic rings. The van der Waals surface area contributed by atoms with Crippen molar-refractivity contribution < 1.29 is 28.7 Å². The maximum absolute atomic E-state index is 14.8. The number of hydrogen-bond donors (Lipinski definition) is 4. The zero-order valence-electron chi connectivity index (χ0n) is 48.6. The van der Waals surface area contributed by atoms with Gasteiger partial charge in [0.25, 0.3) is 11.8 Å². The Morgan fingerprint density at radius 2 is 0.988 bits per heavy atom. The summed E-state index contributed by atoms with van der Waals surface area (Å²) < 4.78 is 9.99. The zero-order chi connectivity index (χ0) is 58.1. The van der Waals surface area contributed by atoms with Crippen LogP contribution in [-0.4, -0.2) is 80.0 Å². The lowest BCUT2D eigenvalue weighted by atomic mass is 9.84. The van der Waals surface area contributed by atoms with E-state index in [1.54, 1.807) is 0 Å². The van der Waals surface area contributed by atoms with Gasteiger partial charge in [-0.1, -0.05) is 178 Å². The van der Waals surface area contributed by atoms with Crippen molar-refractivity contribution >= 4 is 24.0 Å². The van der Waals surface area contributed by atoms with Crippen LogP contribution in [0.3, 0.4) is 0 Å². The van der Waals surface area contributed by atoms with Crippen LogP contribution < -0.4 is 10.6 Å². The summed E-state index contributed by atoms with van der Waals surface area (Å²) in [4.78, 5) is 76.1. The summed E-state index contributed by atoms with van der Waals surface area (Å²) in [6, 6.07) is 48.4. The van der Waals surface area contributed by atoms with Crippen molar-refractivity contribution in [1.29, 1.82) is 0 Å². The van der Waals surface area contributed by atoms with Crippen molar-refractivity contribution in [3.63, 3.8) is 0 Å². The highest BCUT2D eigenvalue weighted by molar-refractivity contribution is 5.89. The Labute approximate surface area is 497 Å². The third-order valence-electron chi connectivity index (χ3n) is 19.3. The van der Waals surface area contributed by atoms with E-state index in [-0.39, 0.29) is 41.9 Å². The van der Waals surface area contributed by atoms with Gasteiger partial charge in [-0.15, -0.1) is 0 Å². The molecular weight excluding hydrogens is 1060 g/mol. The summed E-state index contributed by atoms with van der Waals surface area (Å²) in [6.07, 6.45) is 15.2. The van der Waals surface area contributed by atoms with Gasteiger partial charge >= 0.3 is 12.2 Å². The lowest BCUT2D eigenvalue weighted by Gasteiger charge is -2.36. The van der Waals surface area contributed by atoms with Crippen LogP contribution in [0.4, 0.5) is 9.59 Å². The van der Waals surface area contributed by atoms with Crippen LogP contribution in [0.5, 0.6) is 0 Å². The van der Waals surface area contributed by atoms with Gasteiger partial charge in [-0.3, -0.25) is 9.59 Å². The summed E-state index contributed by atoms with van der Waals surface area (Å²) in [5, 5.41) is 5.69. The van der Waals surface area contributed by atoms with Crippen LogP contribution in [0.2, 0.25) is 0 Å². The van der Waals surface area contributed by atoms with Gasteiger partial charge in [0.15, 0.2) is 0 Å². The molecule has 4 fully saturated rings. The second-order valence-corrected chi connectivity index (χ2v) is 24.2. The number of fused-ring (bicyclic) bond motifs is 2. The molecule has 4 heterocycles. The van der Waals surface area contributed by atoms with E-state index in [9.17, 15) is 19.2 Å². The minimum atomic E-state index is -0.885. The number of aromatic amines is 2. The van der Waals surface area contributed by atoms with Crippen LogP contribution in [0.1, 0.15) is 146 Å². The van der Waals surface area contributed by atoms with Gasteiger partial charge in [0.2, 0.25) is 0 Å². The van der Waals surface area contributed by atoms with Crippen molar-refractivity contribution in [3.05, 3.63) is 203 Å². The number of methoxy groups -OCH3 is 2. The SMILES string of the molecule is COC(=O)NC(C(=O)N1C(c2ncc(-c3ccc(-c4cc5ccc4CCc4ccc(c(-c6ccc(-c7cnc(C8CC9CCCCC9N8C(=O)C(NC(=O)OC)c8ccccc8)[nH]7)cc6)c4)CC5C)cc3)[nH]2)CC2CCCCC21)c1ccccc1. The van der Waals surface area contributed by atoms with Crippen LogP contribution in [0, 0.1) is 11.8 Å². The van der Waals surface area contributed by atoms with Gasteiger partial charge in [0.05, 0.1) is 50.1 Å². The molecule has 2 aliphatic heterocycles. The second kappa shape index (κ2) is 24.1. The minimum absolute atomic E-state index is 0.0676. The van der Waals surface area contributed by atoms with E-state index in [2.05, 4.69) is 112 Å². The van der Waals surface area contributed by atoms with Crippen molar-refractivity contribution in [2.45, 2.75) is 133 Å². The van der Waals surface area contributed by atoms with E-state index < -0.39 is 24.3 Å². The number of nitrogens with zero attached hydrogens (tertiary/aromatic N) is 4. The van der Waals surface area contributed by atoms with E-state index in [0.717, 1.165) is 118 Å². The van der Waals surface area contributed by atoms with Gasteiger partial charge in [0.1, 0.15) is 23.7 Å². The first-order valence-corrected chi connectivity index (χ1v) is 30.6. The van der Waals surface area contributed by atoms with Gasteiger partial charge < -0.3 is 39.9 Å². The van der Waals surface area contributed by atoms with E-state index in [4.69, 9.17) is 19.4 Å². The van der Waals surface area contributed by atoms with Crippen LogP contribution in [0.15, 0.2) is 158 Å². The molecule has 14 nitrogen and oxygen atoms in total. The number of carbonyl (C=O) groups excluding carboxylic acids is 4. The van der Waals surface area contributed by atoms with Crippen LogP contribution >= 0.6 is 0 Å². The smallest absolute Gasteiger partial charge is 0.407 e. The number of aryl methyl sites for hydroxylation is 2. The fraction of sp³-hybridized carbons (Fsp3) is 0.352. The zero-order valence-corrected chi connectivity index (χ0v) is 48.6. The summed E-state index contributed by atoms with van der Waals surface area (Å²) in [7, 11) is 2.64. The fourth-order valence-corrected chi connectivity index (χ4v) is 14.9. The molecule has 14 heteroatoms. The number of alkyl carbamates (subject to hydrolysis) is 2. The first-order chi connectivity index (χ1) is 41.6. The van der Waals surface area contributed by atoms with Gasteiger partial charge in [-0.2, -0.15) is 0 Å². The molecule has 434 valence electrons. The quantitative estimate of drug-likeness (QED) is 0.0935. The highest BCUT2D eigenvalue weighted by Crippen LogP contribution is 2.49. The Kier molecular flexibility index (Phi) is 15.7. The Hall–Kier alpha value is -8.78. The molecule has 2 aromatic heterocycles. The molecule has 2 saturated carbocycles. The average Bonchev–Trinajstić information content (AvgIpc) is 3.29. The lowest BCUT2D eigenvalue weighted by Crippen LogP contribution is -2.47. The Bertz CT molecular complexity index is 3710. The first kappa shape index (κ1) is 55.4. The third-order valence-corrected chi connectivity index (χ3v) is 19.3. The maximum atomic E-state index is 14.8. The largest absolute Gasteiger partial charge is 0.453 e. The van der Waals surface area contributed by atoms with E-state index in [1.807, 2.05) is 82.9 Å². The predicted octanol–water partition coefficient (Wildman–Crippen LogP) is 14.1.